The molecule has 0 saturated carbocycles. The number of fused-ring (bicyclic) bond motifs is 4. The minimum Gasteiger partial charge on any atom is -0.386 e. The third-order valence-electron chi connectivity index (χ3n) is 7.82. The van der Waals surface area contributed by atoms with E-state index in [0.717, 1.165) is 6.33 Å². The van der Waals surface area contributed by atoms with Crippen LogP contribution in [0.25, 0.3) is 22.3 Å². The lowest BCUT2D eigenvalue weighted by Gasteiger charge is -2.27. The molecular formula is C24H31N9O13P2. The van der Waals surface area contributed by atoms with Crippen molar-refractivity contribution in [2.75, 3.05) is 18.5 Å². The van der Waals surface area contributed by atoms with Crippen LogP contribution in [0.4, 0.5) is 5.82 Å². The van der Waals surface area contributed by atoms with E-state index >= 15 is 0 Å². The number of phosphoric acid groups is 2. The zero-order valence-electron chi connectivity index (χ0n) is 25.3. The van der Waals surface area contributed by atoms with Gasteiger partial charge in [-0.2, -0.15) is 0 Å². The molecule has 48 heavy (non-hydrogen) atoms. The van der Waals surface area contributed by atoms with Gasteiger partial charge in [-0.15, -0.1) is 0 Å². The lowest BCUT2D eigenvalue weighted by atomic mass is 10.1. The summed E-state index contributed by atoms with van der Waals surface area (Å²) >= 11 is 0. The summed E-state index contributed by atoms with van der Waals surface area (Å²) in [6.07, 6.45) is -8.56. The fourth-order valence-electron chi connectivity index (χ4n) is 5.77. The smallest absolute Gasteiger partial charge is 0.386 e. The Morgan fingerprint density at radius 3 is 1.98 bits per heavy atom. The molecule has 0 spiro atoms. The molecular weight excluding hydrogens is 684 g/mol. The Hall–Kier alpha value is -3.24. The molecule has 0 aliphatic carbocycles. The minimum absolute atomic E-state index is 0.00778. The number of aromatic nitrogens is 8. The second-order valence-electron chi connectivity index (χ2n) is 11.6. The molecule has 0 bridgehead atoms. The molecule has 6 N–H and O–H groups in total. The zero-order valence-corrected chi connectivity index (χ0v) is 27.1. The Labute approximate surface area is 269 Å². The fourth-order valence-corrected chi connectivity index (χ4v) is 7.70. The Kier molecular flexibility index (Phi) is 8.50. The molecule has 0 aromatic carbocycles. The van der Waals surface area contributed by atoms with E-state index in [9.17, 15) is 33.9 Å². The molecule has 3 saturated heterocycles. The molecule has 7 rings (SSSR count). The third-order valence-corrected chi connectivity index (χ3v) is 9.79. The van der Waals surface area contributed by atoms with Crippen molar-refractivity contribution in [3.05, 3.63) is 35.2 Å². The van der Waals surface area contributed by atoms with Crippen LogP contribution in [0.3, 0.4) is 0 Å². The SMILES string of the molecule is Cc1nc2c(ncn2[C@@H]2O[C@@H]3COP(=O)(O)O[C@H]4[C@@H](O)[C@H](n5cnc6c(NC(C)C)ncnc65)O[C@@H]4COP(=O)(O)O[C@H]3[C@H]2O)c(=O)[nH]1. The molecule has 7 heterocycles. The molecule has 24 heteroatoms. The average Bonchev–Trinajstić information content (AvgIpc) is 3.76. The summed E-state index contributed by atoms with van der Waals surface area (Å²) in [6.45, 7) is 3.73. The van der Waals surface area contributed by atoms with Crippen molar-refractivity contribution in [1.29, 1.82) is 0 Å². The van der Waals surface area contributed by atoms with Crippen molar-refractivity contribution >= 4 is 43.8 Å². The first-order valence-corrected chi connectivity index (χ1v) is 17.6. The van der Waals surface area contributed by atoms with Gasteiger partial charge in [0, 0.05) is 6.04 Å². The quantitative estimate of drug-likeness (QED) is 0.147. The molecule has 3 aliphatic rings. The van der Waals surface area contributed by atoms with E-state index in [0.29, 0.717) is 11.3 Å². The average molecular weight is 716 g/mol. The lowest BCUT2D eigenvalue weighted by molar-refractivity contribution is -0.0664. The zero-order chi connectivity index (χ0) is 34.1. The van der Waals surface area contributed by atoms with Crippen LogP contribution in [-0.2, 0) is 36.7 Å². The van der Waals surface area contributed by atoms with Gasteiger partial charge in [-0.05, 0) is 20.8 Å². The van der Waals surface area contributed by atoms with Gasteiger partial charge in [0.1, 0.15) is 48.8 Å². The van der Waals surface area contributed by atoms with E-state index in [1.165, 1.54) is 28.7 Å². The number of nitrogens with one attached hydrogen (secondary N) is 2. The normalized spacial score (nSPS) is 36.2. The minimum atomic E-state index is -5.04. The highest BCUT2D eigenvalue weighted by molar-refractivity contribution is 7.47. The van der Waals surface area contributed by atoms with Crippen molar-refractivity contribution < 1.29 is 56.7 Å². The number of ether oxygens (including phenoxy) is 2. The molecule has 4 aromatic rings. The second-order valence-corrected chi connectivity index (χ2v) is 14.4. The lowest BCUT2D eigenvalue weighted by Crippen LogP contribution is -2.39. The summed E-state index contributed by atoms with van der Waals surface area (Å²) in [4.78, 5) is 57.2. The Morgan fingerprint density at radius 1 is 0.875 bits per heavy atom. The van der Waals surface area contributed by atoms with Crippen LogP contribution in [0, 0.1) is 6.92 Å². The first-order valence-electron chi connectivity index (χ1n) is 14.6. The number of rotatable bonds is 4. The van der Waals surface area contributed by atoms with Gasteiger partial charge in [-0.1, -0.05) is 0 Å². The maximum atomic E-state index is 13.2. The number of aliphatic hydroxyl groups excluding tert-OH is 2. The van der Waals surface area contributed by atoms with Crippen molar-refractivity contribution in [3.8, 4) is 0 Å². The van der Waals surface area contributed by atoms with Crippen LogP contribution in [0.5, 0.6) is 0 Å². The van der Waals surface area contributed by atoms with E-state index in [-0.39, 0.29) is 28.7 Å². The first kappa shape index (κ1) is 33.3. The van der Waals surface area contributed by atoms with Crippen LogP contribution in [-0.4, -0.2) is 115 Å². The van der Waals surface area contributed by atoms with Crippen LogP contribution in [0.1, 0.15) is 32.1 Å². The molecule has 22 nitrogen and oxygen atoms in total. The molecule has 3 aliphatic heterocycles. The van der Waals surface area contributed by atoms with Gasteiger partial charge in [-0.3, -0.25) is 32.0 Å². The molecule has 3 fully saturated rings. The molecule has 10 atom stereocenters. The maximum absolute atomic E-state index is 13.2. The van der Waals surface area contributed by atoms with Crippen molar-refractivity contribution in [2.24, 2.45) is 0 Å². The standard InChI is InChI=1S/C24H31N9O13P2/c1-9(2)29-19-13-20(26-6-25-19)32(7-27-13)23-15(34)17-11(43-23)4-41-48(39,40)46-18-12(5-42-47(37,38)45-17)44-24(16(18)35)33-8-28-14-21(33)30-10(3)31-22(14)36/h6-9,11-12,15-18,23-24,34-35H,4-5H2,1-3H3,(H,37,38)(H,39,40)(H,25,26,29)(H,30,31,36)/t11-,12-,15-,16-,17-,18-,23-,24-/m1/s1. The van der Waals surface area contributed by atoms with Crippen LogP contribution >= 0.6 is 15.6 Å². The number of aliphatic hydroxyl groups is 2. The summed E-state index contributed by atoms with van der Waals surface area (Å²) in [5.74, 6) is 0.649. The summed E-state index contributed by atoms with van der Waals surface area (Å²) < 4.78 is 61.7. The molecule has 4 aromatic heterocycles. The van der Waals surface area contributed by atoms with Gasteiger partial charge in [0.05, 0.1) is 25.9 Å². The summed E-state index contributed by atoms with van der Waals surface area (Å²) in [5.41, 5.74) is -0.0169. The summed E-state index contributed by atoms with van der Waals surface area (Å²) in [7, 11) is -10.1. The highest BCUT2D eigenvalue weighted by atomic mass is 31.2. The number of aromatic amines is 1. The van der Waals surface area contributed by atoms with E-state index in [2.05, 4.69) is 35.2 Å². The number of aryl methyl sites for hydroxylation is 1. The number of anilines is 1. The highest BCUT2D eigenvalue weighted by Gasteiger charge is 2.54. The van der Waals surface area contributed by atoms with Gasteiger partial charge in [0.2, 0.25) is 0 Å². The Morgan fingerprint density at radius 2 is 1.42 bits per heavy atom. The number of hydrogen-bond acceptors (Lipinski definition) is 17. The molecule has 0 radical (unpaired) electrons. The van der Waals surface area contributed by atoms with Gasteiger partial charge >= 0.3 is 15.6 Å². The van der Waals surface area contributed by atoms with E-state index in [1.54, 1.807) is 0 Å². The van der Waals surface area contributed by atoms with E-state index in [4.69, 9.17) is 27.6 Å². The number of hydrogen-bond donors (Lipinski definition) is 6. The van der Waals surface area contributed by atoms with Gasteiger partial charge in [-0.25, -0.2) is 34.0 Å². The van der Waals surface area contributed by atoms with E-state index < -0.39 is 83.5 Å². The van der Waals surface area contributed by atoms with E-state index in [1.807, 2.05) is 13.8 Å². The van der Waals surface area contributed by atoms with Crippen molar-refractivity contribution in [3.63, 3.8) is 0 Å². The number of imidazole rings is 2. The number of H-pyrrole nitrogens is 1. The van der Waals surface area contributed by atoms with Crippen LogP contribution in [0.2, 0.25) is 0 Å². The number of nitrogens with zero attached hydrogens (tertiary/aromatic N) is 7. The van der Waals surface area contributed by atoms with Gasteiger partial charge < -0.3 is 39.8 Å². The third kappa shape index (κ3) is 6.08. The fraction of sp³-hybridized carbons (Fsp3) is 0.583. The van der Waals surface area contributed by atoms with Crippen LogP contribution in [0.15, 0.2) is 23.8 Å². The number of phosphoric ester groups is 2. The van der Waals surface area contributed by atoms with Crippen molar-refractivity contribution in [1.82, 2.24) is 39.0 Å². The second kappa shape index (κ2) is 12.3. The maximum Gasteiger partial charge on any atom is 0.472 e. The highest BCUT2D eigenvalue weighted by Crippen LogP contribution is 2.53. The molecule has 0 amide bonds. The molecule has 2 unspecified atom stereocenters. The monoisotopic (exact) mass is 715 g/mol. The molecule has 260 valence electrons. The summed E-state index contributed by atoms with van der Waals surface area (Å²) in [6, 6.07) is 0.00778. The Bertz CT molecular complexity index is 2000. The topological polar surface area (TPSA) is 290 Å². The Balaban J connectivity index is 1.16. The predicted octanol–water partition coefficient (Wildman–Crippen LogP) is -0.377. The van der Waals surface area contributed by atoms with Crippen LogP contribution < -0.4 is 10.9 Å². The summed E-state index contributed by atoms with van der Waals surface area (Å²) in [5, 5.41) is 25.6. The van der Waals surface area contributed by atoms with Gasteiger partial charge in [0.25, 0.3) is 5.56 Å². The predicted molar refractivity (Wildman–Crippen MR) is 158 cm³/mol. The van der Waals surface area contributed by atoms with Crippen molar-refractivity contribution in [2.45, 2.75) is 75.9 Å². The van der Waals surface area contributed by atoms with Gasteiger partial charge in [0.15, 0.2) is 40.6 Å². The first-order chi connectivity index (χ1) is 22.7. The largest absolute Gasteiger partial charge is 0.472 e.